The Kier molecular flexibility index (Phi) is 9.96. The van der Waals surface area contributed by atoms with Crippen molar-refractivity contribution in [2.45, 2.75) is 0 Å². The Morgan fingerprint density at radius 3 is 2.20 bits per heavy atom. The first-order chi connectivity index (χ1) is 9.53. The summed E-state index contributed by atoms with van der Waals surface area (Å²) in [7, 11) is 0. The van der Waals surface area contributed by atoms with Gasteiger partial charge in [-0.25, -0.2) is 9.59 Å². The smallest absolute Gasteiger partial charge is 0.330 e. The van der Waals surface area contributed by atoms with Crippen LogP contribution in [0.2, 0.25) is 0 Å². The number of ether oxygens (including phenoxy) is 3. The average Bonchev–Trinajstić information content (AvgIpc) is 2.49. The van der Waals surface area contributed by atoms with Crippen LogP contribution >= 0.6 is 15.9 Å². The van der Waals surface area contributed by atoms with Gasteiger partial charge in [0.15, 0.2) is 0 Å². The summed E-state index contributed by atoms with van der Waals surface area (Å²) < 4.78 is 15.0. The molecule has 0 aliphatic rings. The summed E-state index contributed by atoms with van der Waals surface area (Å²) >= 11 is 3.25. The highest BCUT2D eigenvalue weighted by atomic mass is 79.9. The predicted molar refractivity (Wildman–Crippen MR) is 76.4 cm³/mol. The molecule has 1 atom stereocenters. The molecular formula is C13H19BrO6. The average molecular weight is 351 g/mol. The van der Waals surface area contributed by atoms with E-state index in [2.05, 4.69) is 29.1 Å². The van der Waals surface area contributed by atoms with Crippen LogP contribution in [0.1, 0.15) is 0 Å². The van der Waals surface area contributed by atoms with E-state index >= 15 is 0 Å². The van der Waals surface area contributed by atoms with Crippen molar-refractivity contribution in [3.63, 3.8) is 0 Å². The maximum Gasteiger partial charge on any atom is 0.330 e. The molecule has 0 aliphatic carbocycles. The summed E-state index contributed by atoms with van der Waals surface area (Å²) in [6, 6.07) is 0. The topological polar surface area (TPSA) is 82.1 Å². The molecule has 0 aromatic rings. The van der Waals surface area contributed by atoms with Crippen molar-refractivity contribution in [3.05, 3.63) is 25.3 Å². The number of rotatable bonds is 11. The van der Waals surface area contributed by atoms with Gasteiger partial charge in [-0.1, -0.05) is 29.1 Å². The van der Waals surface area contributed by atoms with Crippen molar-refractivity contribution in [3.8, 4) is 0 Å². The van der Waals surface area contributed by atoms with Gasteiger partial charge >= 0.3 is 11.9 Å². The van der Waals surface area contributed by atoms with Crippen molar-refractivity contribution in [2.24, 2.45) is 5.41 Å². The lowest BCUT2D eigenvalue weighted by Gasteiger charge is -2.28. The molecule has 0 rings (SSSR count). The van der Waals surface area contributed by atoms with Crippen molar-refractivity contribution in [1.82, 2.24) is 0 Å². The third kappa shape index (κ3) is 7.42. The second-order valence-electron chi connectivity index (χ2n) is 4.03. The number of hydrogen-bond donors (Lipinski definition) is 1. The van der Waals surface area contributed by atoms with Crippen LogP contribution in [0, 0.1) is 5.41 Å². The Bertz CT molecular complexity index is 338. The van der Waals surface area contributed by atoms with Crippen LogP contribution in [-0.2, 0) is 23.8 Å². The molecule has 0 amide bonds. The van der Waals surface area contributed by atoms with E-state index in [0.717, 1.165) is 12.2 Å². The molecule has 1 unspecified atom stereocenters. The van der Waals surface area contributed by atoms with E-state index in [1.165, 1.54) is 0 Å². The molecule has 0 bridgehead atoms. The van der Waals surface area contributed by atoms with Crippen molar-refractivity contribution in [2.75, 3.05) is 38.4 Å². The maximum atomic E-state index is 11.0. The Labute approximate surface area is 126 Å². The first-order valence-electron chi connectivity index (χ1n) is 5.86. The molecule has 7 heteroatoms. The third-order valence-electron chi connectivity index (χ3n) is 2.35. The first-order valence-corrected chi connectivity index (χ1v) is 6.98. The second-order valence-corrected chi connectivity index (χ2v) is 4.59. The number of aliphatic hydroxyl groups excluding tert-OH is 1. The lowest BCUT2D eigenvalue weighted by atomic mass is 9.94. The van der Waals surface area contributed by atoms with Crippen LogP contribution < -0.4 is 0 Å². The van der Waals surface area contributed by atoms with Gasteiger partial charge < -0.3 is 19.3 Å². The van der Waals surface area contributed by atoms with Crippen molar-refractivity contribution >= 4 is 27.9 Å². The van der Waals surface area contributed by atoms with Crippen LogP contribution in [0.25, 0.3) is 0 Å². The molecule has 0 aromatic carbocycles. The quantitative estimate of drug-likeness (QED) is 0.257. The molecule has 0 radical (unpaired) electrons. The number of aliphatic hydroxyl groups is 1. The monoisotopic (exact) mass is 350 g/mol. The minimum atomic E-state index is -0.749. The summed E-state index contributed by atoms with van der Waals surface area (Å²) in [4.78, 5) is 21.8. The van der Waals surface area contributed by atoms with Crippen LogP contribution in [-0.4, -0.2) is 55.4 Å². The molecule has 114 valence electrons. The van der Waals surface area contributed by atoms with Crippen molar-refractivity contribution in [1.29, 1.82) is 0 Å². The molecule has 6 nitrogen and oxygen atoms in total. The van der Waals surface area contributed by atoms with Gasteiger partial charge in [-0.05, 0) is 0 Å². The van der Waals surface area contributed by atoms with E-state index in [0.29, 0.717) is 5.33 Å². The summed E-state index contributed by atoms with van der Waals surface area (Å²) in [5, 5.41) is 9.80. The molecule has 0 heterocycles. The van der Waals surface area contributed by atoms with Gasteiger partial charge in [-0.2, -0.15) is 0 Å². The molecular weight excluding hydrogens is 332 g/mol. The van der Waals surface area contributed by atoms with E-state index in [4.69, 9.17) is 14.2 Å². The van der Waals surface area contributed by atoms with Crippen LogP contribution in [0.4, 0.5) is 0 Å². The number of carbonyl (C=O) groups is 2. The molecule has 0 aliphatic heterocycles. The fourth-order valence-electron chi connectivity index (χ4n) is 1.08. The van der Waals surface area contributed by atoms with Gasteiger partial charge in [0, 0.05) is 17.5 Å². The Morgan fingerprint density at radius 2 is 1.70 bits per heavy atom. The molecule has 1 N–H and O–H groups in total. The molecule has 0 fully saturated rings. The Morgan fingerprint density at radius 1 is 1.10 bits per heavy atom. The molecule has 0 aromatic heterocycles. The normalized spacial score (nSPS) is 13.1. The maximum absolute atomic E-state index is 11.0. The van der Waals surface area contributed by atoms with E-state index in [1.54, 1.807) is 0 Å². The van der Waals surface area contributed by atoms with Crippen LogP contribution in [0.3, 0.4) is 0 Å². The summed E-state index contributed by atoms with van der Waals surface area (Å²) in [5.41, 5.74) is -0.749. The molecule has 0 spiro atoms. The lowest BCUT2D eigenvalue weighted by Crippen LogP contribution is -2.39. The van der Waals surface area contributed by atoms with Crippen LogP contribution in [0.5, 0.6) is 0 Å². The SMILES string of the molecule is C=CC(=O)OCCOCC(CO)(CBr)COC(=O)C=C. The number of halogens is 1. The highest BCUT2D eigenvalue weighted by Crippen LogP contribution is 2.21. The van der Waals surface area contributed by atoms with Gasteiger partial charge in [0.2, 0.25) is 0 Å². The zero-order valence-corrected chi connectivity index (χ0v) is 12.8. The molecule has 0 saturated carbocycles. The summed E-state index contributed by atoms with van der Waals surface area (Å²) in [6.45, 7) is 6.71. The minimum absolute atomic E-state index is 0.00789. The van der Waals surface area contributed by atoms with E-state index < -0.39 is 17.4 Å². The first kappa shape index (κ1) is 18.8. The minimum Gasteiger partial charge on any atom is -0.462 e. The second kappa shape index (κ2) is 10.6. The molecule has 20 heavy (non-hydrogen) atoms. The zero-order chi connectivity index (χ0) is 15.4. The van der Waals surface area contributed by atoms with Gasteiger partial charge in [0.05, 0.1) is 25.2 Å². The van der Waals surface area contributed by atoms with Crippen molar-refractivity contribution < 1.29 is 28.9 Å². The van der Waals surface area contributed by atoms with Crippen LogP contribution in [0.15, 0.2) is 25.3 Å². The number of carbonyl (C=O) groups excluding carboxylic acids is 2. The largest absolute Gasteiger partial charge is 0.462 e. The Hall–Kier alpha value is -1.18. The van der Waals surface area contributed by atoms with Gasteiger partial charge in [-0.15, -0.1) is 0 Å². The lowest BCUT2D eigenvalue weighted by molar-refractivity contribution is -0.145. The highest BCUT2D eigenvalue weighted by Gasteiger charge is 2.30. The number of alkyl halides is 1. The Balaban J connectivity index is 4.11. The molecule has 0 saturated heterocycles. The third-order valence-corrected chi connectivity index (χ3v) is 3.54. The van der Waals surface area contributed by atoms with Gasteiger partial charge in [-0.3, -0.25) is 0 Å². The predicted octanol–water partition coefficient (Wildman–Crippen LogP) is 0.835. The fraction of sp³-hybridized carbons (Fsp3) is 0.538. The fourth-order valence-corrected chi connectivity index (χ4v) is 1.59. The number of hydrogen-bond acceptors (Lipinski definition) is 6. The van der Waals surface area contributed by atoms with Gasteiger partial charge in [0.25, 0.3) is 0 Å². The standard InChI is InChI=1S/C13H19BrO6/c1-3-11(16)19-6-5-18-9-13(7-14,8-15)10-20-12(17)4-2/h3-4,15H,1-2,5-10H2. The van der Waals surface area contributed by atoms with E-state index in [9.17, 15) is 14.7 Å². The summed E-state index contributed by atoms with van der Waals surface area (Å²) in [5.74, 6) is -1.09. The van der Waals surface area contributed by atoms with E-state index in [-0.39, 0.29) is 33.0 Å². The number of esters is 2. The summed E-state index contributed by atoms with van der Waals surface area (Å²) in [6.07, 6.45) is 2.11. The van der Waals surface area contributed by atoms with E-state index in [1.807, 2.05) is 0 Å². The van der Waals surface area contributed by atoms with Gasteiger partial charge in [0.1, 0.15) is 13.2 Å². The highest BCUT2D eigenvalue weighted by molar-refractivity contribution is 9.09. The zero-order valence-electron chi connectivity index (χ0n) is 11.2.